The third kappa shape index (κ3) is 4.92. The van der Waals surface area contributed by atoms with E-state index in [4.69, 9.17) is 11.6 Å². The summed E-state index contributed by atoms with van der Waals surface area (Å²) in [6, 6.07) is 11.1. The maximum Gasteiger partial charge on any atom is 0.293 e. The number of anilines is 1. The van der Waals surface area contributed by atoms with E-state index in [9.17, 15) is 18.5 Å². The number of halogens is 1. The second-order valence-corrected chi connectivity index (χ2v) is 9.67. The molecule has 1 atom stereocenters. The molecule has 0 aliphatic carbocycles. The van der Waals surface area contributed by atoms with Crippen molar-refractivity contribution in [2.24, 2.45) is 0 Å². The first-order valence-electron chi connectivity index (χ1n) is 9.71. The van der Waals surface area contributed by atoms with Gasteiger partial charge in [0.25, 0.3) is 5.69 Å². The van der Waals surface area contributed by atoms with Gasteiger partial charge in [0.05, 0.1) is 15.9 Å². The first-order chi connectivity index (χ1) is 14.2. The summed E-state index contributed by atoms with van der Waals surface area (Å²) in [6.07, 6.45) is 0.681. The van der Waals surface area contributed by atoms with E-state index in [0.29, 0.717) is 37.6 Å². The SMILES string of the molecule is CC[C@@H](Nc1ccc(S(=O)(=O)N2CCN(C)CC2)cc1[N+](=O)[O-])c1ccc(Cl)cc1. The van der Waals surface area contributed by atoms with Gasteiger partial charge >= 0.3 is 0 Å². The van der Waals surface area contributed by atoms with Crippen LogP contribution in [0.25, 0.3) is 0 Å². The van der Waals surface area contributed by atoms with Crippen molar-refractivity contribution in [1.29, 1.82) is 0 Å². The molecule has 10 heteroatoms. The number of hydrogen-bond acceptors (Lipinski definition) is 6. The average molecular weight is 453 g/mol. The van der Waals surface area contributed by atoms with Crippen molar-refractivity contribution in [3.05, 3.63) is 63.2 Å². The molecule has 0 bridgehead atoms. The Balaban J connectivity index is 1.90. The number of rotatable bonds is 7. The van der Waals surface area contributed by atoms with Crippen LogP contribution >= 0.6 is 11.6 Å². The Morgan fingerprint density at radius 3 is 2.33 bits per heavy atom. The second kappa shape index (κ2) is 9.30. The summed E-state index contributed by atoms with van der Waals surface area (Å²) in [5, 5.41) is 15.5. The van der Waals surface area contributed by atoms with E-state index in [1.807, 2.05) is 31.0 Å². The fourth-order valence-corrected chi connectivity index (χ4v) is 5.00. The molecule has 1 saturated heterocycles. The van der Waals surface area contributed by atoms with Gasteiger partial charge in [0, 0.05) is 37.3 Å². The Hall–Kier alpha value is -2.20. The van der Waals surface area contributed by atoms with Crippen molar-refractivity contribution in [2.75, 3.05) is 38.5 Å². The number of benzene rings is 2. The van der Waals surface area contributed by atoms with Crippen LogP contribution in [-0.4, -0.2) is 55.8 Å². The third-order valence-electron chi connectivity index (χ3n) is 5.28. The van der Waals surface area contributed by atoms with Crippen LogP contribution < -0.4 is 5.32 Å². The van der Waals surface area contributed by atoms with E-state index in [1.165, 1.54) is 16.4 Å². The molecule has 2 aromatic carbocycles. The van der Waals surface area contributed by atoms with Crippen LogP contribution in [0.3, 0.4) is 0 Å². The Morgan fingerprint density at radius 2 is 1.77 bits per heavy atom. The smallest absolute Gasteiger partial charge is 0.293 e. The van der Waals surface area contributed by atoms with Crippen LogP contribution in [0.2, 0.25) is 5.02 Å². The molecule has 1 fully saturated rings. The summed E-state index contributed by atoms with van der Waals surface area (Å²) < 4.78 is 27.3. The molecule has 0 saturated carbocycles. The fraction of sp³-hybridized carbons (Fsp3) is 0.400. The van der Waals surface area contributed by atoms with Crippen LogP contribution in [-0.2, 0) is 10.0 Å². The normalized spacial score (nSPS) is 16.9. The predicted molar refractivity (Wildman–Crippen MR) is 117 cm³/mol. The number of nitro benzene ring substituents is 1. The van der Waals surface area contributed by atoms with Gasteiger partial charge < -0.3 is 10.2 Å². The zero-order chi connectivity index (χ0) is 21.9. The minimum Gasteiger partial charge on any atom is -0.373 e. The summed E-state index contributed by atoms with van der Waals surface area (Å²) in [7, 11) is -1.86. The minimum absolute atomic E-state index is 0.0659. The van der Waals surface area contributed by atoms with E-state index >= 15 is 0 Å². The highest BCUT2D eigenvalue weighted by molar-refractivity contribution is 7.89. The molecule has 1 heterocycles. The molecule has 0 unspecified atom stereocenters. The van der Waals surface area contributed by atoms with Crippen LogP contribution in [0, 0.1) is 10.1 Å². The monoisotopic (exact) mass is 452 g/mol. The van der Waals surface area contributed by atoms with E-state index < -0.39 is 14.9 Å². The van der Waals surface area contributed by atoms with Gasteiger partial charge in [0.1, 0.15) is 5.69 Å². The van der Waals surface area contributed by atoms with Crippen molar-refractivity contribution < 1.29 is 13.3 Å². The van der Waals surface area contributed by atoms with Crippen LogP contribution in [0.1, 0.15) is 24.9 Å². The number of piperazine rings is 1. The molecule has 0 spiro atoms. The molecular formula is C20H25ClN4O4S. The third-order valence-corrected chi connectivity index (χ3v) is 7.42. The van der Waals surface area contributed by atoms with Crippen LogP contribution in [0.5, 0.6) is 0 Å². The molecule has 0 radical (unpaired) electrons. The zero-order valence-corrected chi connectivity index (χ0v) is 18.5. The van der Waals surface area contributed by atoms with E-state index in [1.54, 1.807) is 12.1 Å². The summed E-state index contributed by atoms with van der Waals surface area (Å²) in [6.45, 7) is 3.94. The molecule has 0 amide bonds. The largest absolute Gasteiger partial charge is 0.373 e. The highest BCUT2D eigenvalue weighted by Gasteiger charge is 2.30. The number of nitro groups is 1. The number of nitrogens with one attached hydrogen (secondary N) is 1. The zero-order valence-electron chi connectivity index (χ0n) is 16.9. The standard InChI is InChI=1S/C20H25ClN4O4S/c1-3-18(15-4-6-16(21)7-5-15)22-19-9-8-17(14-20(19)25(26)27)30(28,29)24-12-10-23(2)11-13-24/h4-9,14,18,22H,3,10-13H2,1-2H3/t18-/m1/s1. The lowest BCUT2D eigenvalue weighted by Crippen LogP contribution is -2.47. The minimum atomic E-state index is -3.79. The number of likely N-dealkylation sites (N-methyl/N-ethyl adjacent to an activating group) is 1. The first kappa shape index (κ1) is 22.5. The van der Waals surface area contributed by atoms with Crippen molar-refractivity contribution in [3.8, 4) is 0 Å². The lowest BCUT2D eigenvalue weighted by atomic mass is 10.0. The van der Waals surface area contributed by atoms with E-state index in [0.717, 1.165) is 11.6 Å². The number of sulfonamides is 1. The number of hydrogen-bond donors (Lipinski definition) is 1. The Bertz CT molecular complexity index is 1010. The molecule has 3 rings (SSSR count). The highest BCUT2D eigenvalue weighted by atomic mass is 35.5. The molecule has 1 N–H and O–H groups in total. The van der Waals surface area contributed by atoms with Crippen LogP contribution in [0.15, 0.2) is 47.4 Å². The van der Waals surface area contributed by atoms with E-state index in [2.05, 4.69) is 5.32 Å². The molecule has 2 aromatic rings. The summed E-state index contributed by atoms with van der Waals surface area (Å²) >= 11 is 5.95. The summed E-state index contributed by atoms with van der Waals surface area (Å²) in [5.41, 5.74) is 0.946. The van der Waals surface area contributed by atoms with Gasteiger partial charge in [0.15, 0.2) is 0 Å². The van der Waals surface area contributed by atoms with Gasteiger partial charge in [0.2, 0.25) is 10.0 Å². The lowest BCUT2D eigenvalue weighted by molar-refractivity contribution is -0.384. The maximum absolute atomic E-state index is 13.0. The van der Waals surface area contributed by atoms with Crippen molar-refractivity contribution >= 4 is 33.0 Å². The highest BCUT2D eigenvalue weighted by Crippen LogP contribution is 2.33. The second-order valence-electron chi connectivity index (χ2n) is 7.30. The van der Waals surface area contributed by atoms with Crippen LogP contribution in [0.4, 0.5) is 11.4 Å². The molecule has 30 heavy (non-hydrogen) atoms. The predicted octanol–water partition coefficient (Wildman–Crippen LogP) is 3.75. The van der Waals surface area contributed by atoms with Crippen molar-refractivity contribution in [2.45, 2.75) is 24.3 Å². The quantitative estimate of drug-likeness (QED) is 0.507. The van der Waals surface area contributed by atoms with Crippen molar-refractivity contribution in [1.82, 2.24) is 9.21 Å². The molecule has 1 aliphatic heterocycles. The molecule has 8 nitrogen and oxygen atoms in total. The van der Waals surface area contributed by atoms with Gasteiger partial charge in [-0.3, -0.25) is 10.1 Å². The Labute approximate surface area is 181 Å². The summed E-state index contributed by atoms with van der Waals surface area (Å²) in [4.78, 5) is 13.1. The van der Waals surface area contributed by atoms with Gasteiger partial charge in [-0.15, -0.1) is 0 Å². The fourth-order valence-electron chi connectivity index (χ4n) is 3.43. The number of nitrogens with zero attached hydrogens (tertiary/aromatic N) is 3. The average Bonchev–Trinajstić information content (AvgIpc) is 2.73. The lowest BCUT2D eigenvalue weighted by Gasteiger charge is -2.31. The Morgan fingerprint density at radius 1 is 1.13 bits per heavy atom. The van der Waals surface area contributed by atoms with E-state index in [-0.39, 0.29) is 22.3 Å². The topological polar surface area (TPSA) is 95.8 Å². The molecule has 162 valence electrons. The molecule has 1 aliphatic rings. The van der Waals surface area contributed by atoms with Crippen molar-refractivity contribution in [3.63, 3.8) is 0 Å². The van der Waals surface area contributed by atoms with Gasteiger partial charge in [-0.05, 0) is 43.3 Å². The van der Waals surface area contributed by atoms with Gasteiger partial charge in [-0.1, -0.05) is 30.7 Å². The van der Waals surface area contributed by atoms with Gasteiger partial charge in [-0.2, -0.15) is 4.31 Å². The summed E-state index contributed by atoms with van der Waals surface area (Å²) in [5.74, 6) is 0. The maximum atomic E-state index is 13.0. The Kier molecular flexibility index (Phi) is 6.97. The van der Waals surface area contributed by atoms with Gasteiger partial charge in [-0.25, -0.2) is 8.42 Å². The molecular weight excluding hydrogens is 428 g/mol. The molecule has 0 aromatic heterocycles. The first-order valence-corrected chi connectivity index (χ1v) is 11.5.